The average molecular weight is 256 g/mol. The van der Waals surface area contributed by atoms with E-state index >= 15 is 0 Å². The quantitative estimate of drug-likeness (QED) is 0.762. The maximum absolute atomic E-state index is 11.5. The summed E-state index contributed by atoms with van der Waals surface area (Å²) in [5.41, 5.74) is -0.713. The number of rotatable bonds is 6. The van der Waals surface area contributed by atoms with Crippen molar-refractivity contribution >= 4 is 5.97 Å². The van der Waals surface area contributed by atoms with E-state index in [9.17, 15) is 9.90 Å². The molecule has 0 aromatic carbocycles. The van der Waals surface area contributed by atoms with Gasteiger partial charge in [0.1, 0.15) is 5.54 Å². The summed E-state index contributed by atoms with van der Waals surface area (Å²) < 4.78 is 0. The molecule has 0 bridgehead atoms. The lowest BCUT2D eigenvalue weighted by Gasteiger charge is -2.41. The molecule has 2 unspecified atom stereocenters. The van der Waals surface area contributed by atoms with Crippen molar-refractivity contribution in [3.63, 3.8) is 0 Å². The van der Waals surface area contributed by atoms with E-state index in [1.54, 1.807) is 7.05 Å². The lowest BCUT2D eigenvalue weighted by Crippen LogP contribution is -2.56. The maximum atomic E-state index is 11.5. The molecule has 0 aromatic rings. The van der Waals surface area contributed by atoms with Gasteiger partial charge in [-0.15, -0.1) is 0 Å². The van der Waals surface area contributed by atoms with Gasteiger partial charge in [-0.05, 0) is 58.7 Å². The predicted octanol–water partition coefficient (Wildman–Crippen LogP) is 1.95. The zero-order valence-corrected chi connectivity index (χ0v) is 12.2. The molecule has 106 valence electrons. The molecule has 0 aromatic heterocycles. The highest BCUT2D eigenvalue weighted by molar-refractivity contribution is 5.79. The topological polar surface area (TPSA) is 52.6 Å². The van der Waals surface area contributed by atoms with Gasteiger partial charge < -0.3 is 15.3 Å². The highest BCUT2D eigenvalue weighted by atomic mass is 16.4. The van der Waals surface area contributed by atoms with Crippen LogP contribution in [0.4, 0.5) is 0 Å². The Kier molecular flexibility index (Phi) is 5.60. The molecule has 4 heteroatoms. The smallest absolute Gasteiger partial charge is 0.323 e. The number of nitrogens with one attached hydrogen (secondary N) is 1. The van der Waals surface area contributed by atoms with Crippen LogP contribution in [0.25, 0.3) is 0 Å². The number of hydrogen-bond acceptors (Lipinski definition) is 3. The Morgan fingerprint density at radius 3 is 2.72 bits per heavy atom. The van der Waals surface area contributed by atoms with Crippen LogP contribution in [0.3, 0.4) is 0 Å². The number of hydrogen-bond donors (Lipinski definition) is 2. The molecule has 1 aliphatic carbocycles. The summed E-state index contributed by atoms with van der Waals surface area (Å²) >= 11 is 0. The number of nitrogens with zero attached hydrogens (tertiary/aromatic N) is 1. The van der Waals surface area contributed by atoms with E-state index in [-0.39, 0.29) is 0 Å². The van der Waals surface area contributed by atoms with Crippen molar-refractivity contribution in [3.05, 3.63) is 0 Å². The summed E-state index contributed by atoms with van der Waals surface area (Å²) in [7, 11) is 3.89. The van der Waals surface area contributed by atoms with Gasteiger partial charge in [0.25, 0.3) is 0 Å². The van der Waals surface area contributed by atoms with Gasteiger partial charge in [0.15, 0.2) is 0 Å². The lowest BCUT2D eigenvalue weighted by atomic mass is 9.78. The summed E-state index contributed by atoms with van der Waals surface area (Å²) in [6.07, 6.45) is 4.74. The van der Waals surface area contributed by atoms with Crippen LogP contribution < -0.4 is 5.32 Å². The molecule has 1 aliphatic rings. The summed E-state index contributed by atoms with van der Waals surface area (Å²) in [6.45, 7) is 5.51. The lowest BCUT2D eigenvalue weighted by molar-refractivity contribution is -0.147. The van der Waals surface area contributed by atoms with Gasteiger partial charge in [0.05, 0.1) is 0 Å². The highest BCUT2D eigenvalue weighted by Crippen LogP contribution is 2.31. The minimum absolute atomic E-state index is 0.390. The normalized spacial score (nSPS) is 28.9. The van der Waals surface area contributed by atoms with E-state index in [1.807, 2.05) is 0 Å². The minimum Gasteiger partial charge on any atom is -0.480 e. The number of carboxylic acid groups (broad SMARTS) is 1. The van der Waals surface area contributed by atoms with Gasteiger partial charge in [-0.1, -0.05) is 13.8 Å². The predicted molar refractivity (Wildman–Crippen MR) is 73.8 cm³/mol. The number of aliphatic carboxylic acids is 1. The Morgan fingerprint density at radius 1 is 1.56 bits per heavy atom. The Morgan fingerprint density at radius 2 is 2.22 bits per heavy atom. The molecule has 0 saturated heterocycles. The van der Waals surface area contributed by atoms with Gasteiger partial charge in [0, 0.05) is 6.04 Å². The van der Waals surface area contributed by atoms with E-state index in [0.717, 1.165) is 25.8 Å². The van der Waals surface area contributed by atoms with Crippen LogP contribution in [0.5, 0.6) is 0 Å². The molecule has 18 heavy (non-hydrogen) atoms. The van der Waals surface area contributed by atoms with Crippen LogP contribution in [-0.4, -0.2) is 48.2 Å². The number of carboxylic acids is 1. The van der Waals surface area contributed by atoms with Crippen molar-refractivity contribution in [2.45, 2.75) is 57.5 Å². The number of likely N-dealkylation sites (N-methyl/N-ethyl adjacent to an activating group) is 1. The molecule has 2 atom stereocenters. The third-order valence-electron chi connectivity index (χ3n) is 4.30. The van der Waals surface area contributed by atoms with E-state index in [4.69, 9.17) is 0 Å². The molecule has 0 amide bonds. The molecule has 1 rings (SSSR count). The zero-order valence-electron chi connectivity index (χ0n) is 12.2. The summed E-state index contributed by atoms with van der Waals surface area (Å²) in [4.78, 5) is 13.8. The van der Waals surface area contributed by atoms with Gasteiger partial charge in [0.2, 0.25) is 0 Å². The van der Waals surface area contributed by atoms with E-state index in [1.165, 1.54) is 6.42 Å². The second-order valence-corrected chi connectivity index (χ2v) is 6.05. The monoisotopic (exact) mass is 256 g/mol. The fraction of sp³-hybridized carbons (Fsp3) is 0.929. The maximum Gasteiger partial charge on any atom is 0.323 e. The van der Waals surface area contributed by atoms with Crippen LogP contribution in [0.1, 0.15) is 46.0 Å². The van der Waals surface area contributed by atoms with Crippen molar-refractivity contribution in [1.29, 1.82) is 0 Å². The van der Waals surface area contributed by atoms with Crippen molar-refractivity contribution < 1.29 is 9.90 Å². The van der Waals surface area contributed by atoms with Gasteiger partial charge in [-0.25, -0.2) is 0 Å². The Balaban J connectivity index is 2.59. The van der Waals surface area contributed by atoms with Crippen molar-refractivity contribution in [2.24, 2.45) is 5.92 Å². The van der Waals surface area contributed by atoms with Crippen molar-refractivity contribution in [2.75, 3.05) is 20.6 Å². The summed E-state index contributed by atoms with van der Waals surface area (Å²) in [6, 6.07) is 0.390. The van der Waals surface area contributed by atoms with Crippen molar-refractivity contribution in [3.8, 4) is 0 Å². The molecule has 1 fully saturated rings. The number of carbonyl (C=O) groups is 1. The first-order chi connectivity index (χ1) is 8.41. The largest absolute Gasteiger partial charge is 0.480 e. The molecule has 1 saturated carbocycles. The molecule has 0 heterocycles. The third-order valence-corrected chi connectivity index (χ3v) is 4.30. The van der Waals surface area contributed by atoms with E-state index in [2.05, 4.69) is 31.1 Å². The van der Waals surface area contributed by atoms with E-state index < -0.39 is 11.5 Å². The summed E-state index contributed by atoms with van der Waals surface area (Å²) in [5.74, 6) is -0.00321. The van der Waals surface area contributed by atoms with Crippen LogP contribution in [0, 0.1) is 5.92 Å². The van der Waals surface area contributed by atoms with Crippen LogP contribution >= 0.6 is 0 Å². The fourth-order valence-electron chi connectivity index (χ4n) is 2.79. The second kappa shape index (κ2) is 6.53. The molecule has 2 N–H and O–H groups in total. The molecule has 4 nitrogen and oxygen atoms in total. The summed E-state index contributed by atoms with van der Waals surface area (Å²) in [5, 5.41) is 12.5. The first-order valence-electron chi connectivity index (χ1n) is 7.04. The minimum atomic E-state index is -0.713. The first-order valence-corrected chi connectivity index (χ1v) is 7.04. The Hall–Kier alpha value is -0.610. The van der Waals surface area contributed by atoms with Gasteiger partial charge in [-0.3, -0.25) is 4.79 Å². The highest BCUT2D eigenvalue weighted by Gasteiger charge is 2.42. The van der Waals surface area contributed by atoms with Crippen molar-refractivity contribution in [1.82, 2.24) is 10.2 Å². The molecule has 0 radical (unpaired) electrons. The third kappa shape index (κ3) is 3.69. The van der Waals surface area contributed by atoms with E-state index in [0.29, 0.717) is 18.4 Å². The standard InChI is InChI=1S/C14H28N2O2/c1-11(2)7-9-16(4)12-6-5-8-14(10-12,15-3)13(17)18/h11-12,15H,5-10H2,1-4H3,(H,17,18). The Labute approximate surface area is 111 Å². The molecular formula is C14H28N2O2. The van der Waals surface area contributed by atoms with Crippen LogP contribution in [0.2, 0.25) is 0 Å². The second-order valence-electron chi connectivity index (χ2n) is 6.05. The first kappa shape index (κ1) is 15.4. The Bertz CT molecular complexity index is 281. The van der Waals surface area contributed by atoms with Gasteiger partial charge in [-0.2, -0.15) is 0 Å². The fourth-order valence-corrected chi connectivity index (χ4v) is 2.79. The van der Waals surface area contributed by atoms with Crippen LogP contribution in [0.15, 0.2) is 0 Å². The average Bonchev–Trinajstić information content (AvgIpc) is 2.35. The molecule has 0 aliphatic heterocycles. The molecular weight excluding hydrogens is 228 g/mol. The zero-order chi connectivity index (χ0) is 13.8. The van der Waals surface area contributed by atoms with Crippen LogP contribution in [-0.2, 0) is 4.79 Å². The van der Waals surface area contributed by atoms with Gasteiger partial charge >= 0.3 is 5.97 Å². The SMILES string of the molecule is CNC1(C(=O)O)CCCC(N(C)CCC(C)C)C1. The molecule has 0 spiro atoms.